The number of hydrogen-bond acceptors (Lipinski definition) is 5. The normalized spacial score (nSPS) is 14.5. The first-order chi connectivity index (χ1) is 17.5. The van der Waals surface area contributed by atoms with Crippen LogP contribution in [0.2, 0.25) is 0 Å². The number of anilines is 1. The Morgan fingerprint density at radius 3 is 2.44 bits per heavy atom. The van der Waals surface area contributed by atoms with Crippen LogP contribution in [-0.4, -0.2) is 37.1 Å². The fourth-order valence-corrected chi connectivity index (χ4v) is 4.75. The van der Waals surface area contributed by atoms with Crippen LogP contribution in [0.3, 0.4) is 0 Å². The minimum absolute atomic E-state index is 0.0645. The van der Waals surface area contributed by atoms with Gasteiger partial charge in [0.25, 0.3) is 5.91 Å². The molecule has 1 saturated carbocycles. The molecule has 7 nitrogen and oxygen atoms in total. The molecule has 0 saturated heterocycles. The zero-order chi connectivity index (χ0) is 25.5. The largest absolute Gasteiger partial charge is 0.497 e. The third-order valence-electron chi connectivity index (χ3n) is 6.57. The van der Waals surface area contributed by atoms with Gasteiger partial charge in [-0.05, 0) is 67.8 Å². The van der Waals surface area contributed by atoms with Crippen LogP contribution in [0.25, 0.3) is 0 Å². The number of benzene rings is 2. The molecule has 0 radical (unpaired) electrons. The van der Waals surface area contributed by atoms with Crippen molar-refractivity contribution >= 4 is 17.5 Å². The monoisotopic (exact) mass is 487 g/mol. The number of aryl methyl sites for hydroxylation is 1. The second-order valence-electron chi connectivity index (χ2n) is 9.08. The minimum Gasteiger partial charge on any atom is -0.497 e. The van der Waals surface area contributed by atoms with E-state index in [2.05, 4.69) is 10.3 Å². The van der Waals surface area contributed by atoms with Gasteiger partial charge in [0.2, 0.25) is 5.91 Å². The molecule has 1 aromatic heterocycles. The molecule has 0 spiro atoms. The number of amides is 2. The van der Waals surface area contributed by atoms with Gasteiger partial charge in [0.05, 0.1) is 14.2 Å². The Labute approximate surface area is 212 Å². The summed E-state index contributed by atoms with van der Waals surface area (Å²) in [6.45, 7) is 1.95. The number of nitrogens with one attached hydrogen (secondary N) is 1. The van der Waals surface area contributed by atoms with Gasteiger partial charge in [0, 0.05) is 23.5 Å². The van der Waals surface area contributed by atoms with Gasteiger partial charge >= 0.3 is 0 Å². The second-order valence-corrected chi connectivity index (χ2v) is 9.08. The molecule has 7 heteroatoms. The smallest absolute Gasteiger partial charge is 0.277 e. The number of pyridine rings is 1. The lowest BCUT2D eigenvalue weighted by Crippen LogP contribution is -2.47. The third kappa shape index (κ3) is 5.67. The summed E-state index contributed by atoms with van der Waals surface area (Å²) in [6.07, 6.45) is 6.75. The van der Waals surface area contributed by atoms with Crippen LogP contribution in [0.4, 0.5) is 5.69 Å². The van der Waals surface area contributed by atoms with Gasteiger partial charge in [0.15, 0.2) is 0 Å². The molecule has 1 atom stereocenters. The topological polar surface area (TPSA) is 80.8 Å². The van der Waals surface area contributed by atoms with E-state index in [-0.39, 0.29) is 23.6 Å². The summed E-state index contributed by atoms with van der Waals surface area (Å²) in [4.78, 5) is 33.9. The number of aromatic nitrogens is 1. The summed E-state index contributed by atoms with van der Waals surface area (Å²) in [5.74, 6) is 0.413. The van der Waals surface area contributed by atoms with Crippen molar-refractivity contribution in [3.05, 3.63) is 83.7 Å². The summed E-state index contributed by atoms with van der Waals surface area (Å²) in [6, 6.07) is 17.1. The number of rotatable bonds is 8. The molecular weight excluding hydrogens is 454 g/mol. The molecule has 0 unspecified atom stereocenters. The van der Waals surface area contributed by atoms with Gasteiger partial charge < -0.3 is 14.8 Å². The zero-order valence-corrected chi connectivity index (χ0v) is 21.1. The van der Waals surface area contributed by atoms with Gasteiger partial charge in [-0.1, -0.05) is 37.5 Å². The van der Waals surface area contributed by atoms with Gasteiger partial charge in [-0.15, -0.1) is 0 Å². The number of nitrogens with zero attached hydrogens (tertiary/aromatic N) is 2. The van der Waals surface area contributed by atoms with Crippen LogP contribution in [0.5, 0.6) is 11.5 Å². The van der Waals surface area contributed by atoms with Gasteiger partial charge in [0.1, 0.15) is 23.2 Å². The molecule has 188 valence electrons. The van der Waals surface area contributed by atoms with Crippen molar-refractivity contribution in [3.63, 3.8) is 0 Å². The standard InChI is InChI=1S/C29H33N3O4/c1-20-10-9-13-22(18-20)32(29(34)25-14-7-8-17-30-25)27(28(33)31-21-11-5-4-6-12-21)24-19-23(35-2)15-16-26(24)36-3/h7-10,13-19,21,27H,4-6,11-12H2,1-3H3,(H,31,33)/t27-/m0/s1. The van der Waals surface area contributed by atoms with E-state index in [0.717, 1.165) is 31.2 Å². The molecule has 1 N–H and O–H groups in total. The second kappa shape index (κ2) is 11.7. The van der Waals surface area contributed by atoms with Crippen molar-refractivity contribution in [2.45, 2.75) is 51.1 Å². The lowest BCUT2D eigenvalue weighted by molar-refractivity contribution is -0.123. The van der Waals surface area contributed by atoms with Crippen LogP contribution in [0, 0.1) is 6.92 Å². The predicted octanol–water partition coefficient (Wildman–Crippen LogP) is 5.24. The highest BCUT2D eigenvalue weighted by Crippen LogP contribution is 2.37. The molecule has 36 heavy (non-hydrogen) atoms. The van der Waals surface area contributed by atoms with E-state index in [4.69, 9.17) is 9.47 Å². The van der Waals surface area contributed by atoms with E-state index >= 15 is 0 Å². The first-order valence-corrected chi connectivity index (χ1v) is 12.4. The van der Waals surface area contributed by atoms with Crippen molar-refractivity contribution in [2.24, 2.45) is 0 Å². The molecule has 1 aliphatic carbocycles. The summed E-state index contributed by atoms with van der Waals surface area (Å²) in [7, 11) is 3.12. The number of hydrogen-bond donors (Lipinski definition) is 1. The highest BCUT2D eigenvalue weighted by molar-refractivity contribution is 6.09. The van der Waals surface area contributed by atoms with E-state index in [0.29, 0.717) is 22.7 Å². The lowest BCUT2D eigenvalue weighted by atomic mass is 9.94. The maximum Gasteiger partial charge on any atom is 0.277 e. The molecule has 0 bridgehead atoms. The van der Waals surface area contributed by atoms with Gasteiger partial charge in [-0.2, -0.15) is 0 Å². The fourth-order valence-electron chi connectivity index (χ4n) is 4.75. The van der Waals surface area contributed by atoms with E-state index in [1.54, 1.807) is 56.8 Å². The lowest BCUT2D eigenvalue weighted by Gasteiger charge is -2.34. The molecule has 4 rings (SSSR count). The van der Waals surface area contributed by atoms with Crippen LogP contribution in [-0.2, 0) is 4.79 Å². The van der Waals surface area contributed by atoms with E-state index in [1.165, 1.54) is 11.3 Å². The Kier molecular flexibility index (Phi) is 8.21. The van der Waals surface area contributed by atoms with Gasteiger partial charge in [-0.25, -0.2) is 0 Å². The molecule has 1 fully saturated rings. The van der Waals surface area contributed by atoms with Crippen LogP contribution in [0.1, 0.15) is 59.8 Å². The third-order valence-corrected chi connectivity index (χ3v) is 6.57. The Balaban J connectivity index is 1.89. The maximum atomic E-state index is 14.1. The Bertz CT molecular complexity index is 1190. The number of carbonyl (C=O) groups is 2. The van der Waals surface area contributed by atoms with Gasteiger partial charge in [-0.3, -0.25) is 19.5 Å². The van der Waals surface area contributed by atoms with Crippen molar-refractivity contribution < 1.29 is 19.1 Å². The predicted molar refractivity (Wildman–Crippen MR) is 140 cm³/mol. The Morgan fingerprint density at radius 1 is 0.972 bits per heavy atom. The molecule has 1 aliphatic rings. The molecule has 2 amide bonds. The molecular formula is C29H33N3O4. The average Bonchev–Trinajstić information content (AvgIpc) is 2.92. The maximum absolute atomic E-state index is 14.1. The number of ether oxygens (including phenoxy) is 2. The highest BCUT2D eigenvalue weighted by Gasteiger charge is 2.37. The Hall–Kier alpha value is -3.87. The van der Waals surface area contributed by atoms with Crippen LogP contribution >= 0.6 is 0 Å². The molecule has 3 aromatic rings. The first kappa shape index (κ1) is 25.2. The van der Waals surface area contributed by atoms with E-state index < -0.39 is 6.04 Å². The Morgan fingerprint density at radius 2 is 1.78 bits per heavy atom. The summed E-state index contributed by atoms with van der Waals surface area (Å²) < 4.78 is 11.2. The van der Waals surface area contributed by atoms with Crippen molar-refractivity contribution in [1.82, 2.24) is 10.3 Å². The minimum atomic E-state index is -1.01. The summed E-state index contributed by atoms with van der Waals surface area (Å²) in [5.41, 5.74) is 2.35. The number of methoxy groups -OCH3 is 2. The van der Waals surface area contributed by atoms with E-state index in [1.807, 2.05) is 31.2 Å². The number of carbonyl (C=O) groups excluding carboxylic acids is 2. The quantitative estimate of drug-likeness (QED) is 0.470. The van der Waals surface area contributed by atoms with Crippen molar-refractivity contribution in [1.29, 1.82) is 0 Å². The first-order valence-electron chi connectivity index (χ1n) is 12.4. The van der Waals surface area contributed by atoms with Crippen LogP contribution in [0.15, 0.2) is 66.9 Å². The highest BCUT2D eigenvalue weighted by atomic mass is 16.5. The van der Waals surface area contributed by atoms with Crippen LogP contribution < -0.4 is 19.7 Å². The fraction of sp³-hybridized carbons (Fsp3) is 0.345. The van der Waals surface area contributed by atoms with Crippen molar-refractivity contribution in [2.75, 3.05) is 19.1 Å². The van der Waals surface area contributed by atoms with E-state index in [9.17, 15) is 9.59 Å². The SMILES string of the molecule is COc1ccc(OC)c([C@@H](C(=O)NC2CCCCC2)N(C(=O)c2ccccn2)c2cccc(C)c2)c1. The summed E-state index contributed by atoms with van der Waals surface area (Å²) >= 11 is 0. The van der Waals surface area contributed by atoms with Crippen molar-refractivity contribution in [3.8, 4) is 11.5 Å². The zero-order valence-electron chi connectivity index (χ0n) is 21.1. The summed E-state index contributed by atoms with van der Waals surface area (Å²) in [5, 5.41) is 3.23. The average molecular weight is 488 g/mol. The molecule has 0 aliphatic heterocycles. The molecule has 1 heterocycles. The molecule has 2 aromatic carbocycles.